The number of methoxy groups -OCH3 is 1. The van der Waals surface area contributed by atoms with Crippen LogP contribution in [-0.4, -0.2) is 119 Å². The molecule has 0 saturated carbocycles. The number of phenols is 1. The molecule has 4 aromatic rings. The van der Waals surface area contributed by atoms with Gasteiger partial charge in [-0.1, -0.05) is 59.8 Å². The maximum Gasteiger partial charge on any atom is 0.312 e. The zero-order chi connectivity index (χ0) is 50.4. The van der Waals surface area contributed by atoms with Gasteiger partial charge in [0.05, 0.1) is 41.2 Å². The van der Waals surface area contributed by atoms with Crippen LogP contribution in [0.1, 0.15) is 88.6 Å². The number of hydrogen-bond donors (Lipinski definition) is 4. The van der Waals surface area contributed by atoms with E-state index < -0.39 is 82.7 Å². The number of nitrogens with one attached hydrogen (secondary N) is 1. The smallest absolute Gasteiger partial charge is 0.312 e. The fraction of sp³-hybridized carbons (Fsp3) is 0.500. The standard InChI is InChI=1S/C52H64N4O13/c1-25(2)23-55-16-18-56(19-17-55)34-21-33(24-57)22-36-40(34)53-41-37-38-45(61)31(8)48-39(37)50(63)52(10,69-48)66-20-15-35(65-11)28(5)47(67-32(9)58)30(7)44(60)29(6)43(59)26(3)13-12-14-27(4)51(64)54-42(46(38)62)49(41)68-36/h12-15,20-22,24-26,28-30,35,43-44,47,59-60,62H,16-19,23H2,1-11H3,(H,54,64)/b13-12+,20-15+,27-14-/t26-,28+,29+,30+,35-,43-,44+,47+,52-/m0/s1. The van der Waals surface area contributed by atoms with Gasteiger partial charge in [-0.2, -0.15) is 0 Å². The van der Waals surface area contributed by atoms with Crippen LogP contribution in [0.25, 0.3) is 33.0 Å². The number of ether oxygens (including phenoxy) is 4. The molecule has 0 unspecified atom stereocenters. The lowest BCUT2D eigenvalue weighted by molar-refractivity contribution is -0.160. The molecule has 1 amide bonds. The molecule has 9 atom stereocenters. The van der Waals surface area contributed by atoms with Crippen LogP contribution in [-0.2, 0) is 23.8 Å². The number of allylic oxidation sites excluding steroid dienone is 2. The number of ketones is 1. The van der Waals surface area contributed by atoms with Crippen molar-refractivity contribution >= 4 is 68.3 Å². The fourth-order valence-electron chi connectivity index (χ4n) is 9.91. The van der Waals surface area contributed by atoms with Crippen LogP contribution in [0.4, 0.5) is 11.4 Å². The van der Waals surface area contributed by atoms with Gasteiger partial charge < -0.3 is 48.9 Å². The van der Waals surface area contributed by atoms with Crippen molar-refractivity contribution in [3.63, 3.8) is 0 Å². The van der Waals surface area contributed by atoms with Gasteiger partial charge in [0.15, 0.2) is 22.3 Å². The second kappa shape index (κ2) is 20.1. The van der Waals surface area contributed by atoms with E-state index in [0.29, 0.717) is 36.5 Å². The molecule has 0 spiro atoms. The molecule has 3 aliphatic heterocycles. The number of aromatic hydroxyl groups is 1. The van der Waals surface area contributed by atoms with Gasteiger partial charge in [0.2, 0.25) is 0 Å². The van der Waals surface area contributed by atoms with Crippen molar-refractivity contribution in [2.24, 2.45) is 29.6 Å². The minimum atomic E-state index is -2.08. The molecule has 3 aromatic carbocycles. The number of benzene rings is 3. The van der Waals surface area contributed by atoms with Crippen LogP contribution >= 0.6 is 0 Å². The Morgan fingerprint density at radius 1 is 0.986 bits per heavy atom. The molecular weight excluding hydrogens is 889 g/mol. The monoisotopic (exact) mass is 952 g/mol. The van der Waals surface area contributed by atoms with Gasteiger partial charge in [0, 0.05) is 99.4 Å². The average molecular weight is 953 g/mol. The number of aldehydes is 1. The molecule has 4 heterocycles. The Hall–Kier alpha value is -6.14. The maximum absolute atomic E-state index is 15.0. The number of rotatable bonds is 6. The minimum Gasteiger partial charge on any atom is -0.505 e. The number of nitrogens with zero attached hydrogens (tertiary/aromatic N) is 3. The number of aromatic nitrogens is 1. The number of amides is 1. The number of esters is 1. The highest BCUT2D eigenvalue weighted by Crippen LogP contribution is 2.49. The van der Waals surface area contributed by atoms with Gasteiger partial charge in [0.1, 0.15) is 34.9 Å². The Labute approximate surface area is 400 Å². The third-order valence-corrected chi connectivity index (χ3v) is 13.9. The van der Waals surface area contributed by atoms with Gasteiger partial charge in [-0.05, 0) is 38.0 Å². The Morgan fingerprint density at radius 2 is 1.68 bits per heavy atom. The van der Waals surface area contributed by atoms with Crippen molar-refractivity contribution < 1.29 is 57.9 Å². The first-order valence-corrected chi connectivity index (χ1v) is 23.5. The van der Waals surface area contributed by atoms with E-state index in [2.05, 4.69) is 29.0 Å². The van der Waals surface area contributed by atoms with E-state index in [4.69, 9.17) is 28.3 Å². The molecule has 7 rings (SSSR count). The van der Waals surface area contributed by atoms with Crippen molar-refractivity contribution in [1.82, 2.24) is 9.88 Å². The number of piperazine rings is 1. The van der Waals surface area contributed by atoms with Crippen LogP contribution in [0.3, 0.4) is 0 Å². The summed E-state index contributed by atoms with van der Waals surface area (Å²) in [6, 6.07) is 3.21. The summed E-state index contributed by atoms with van der Waals surface area (Å²) < 4.78 is 30.6. The van der Waals surface area contributed by atoms with Crippen molar-refractivity contribution in [2.45, 2.75) is 99.4 Å². The summed E-state index contributed by atoms with van der Waals surface area (Å²) in [7, 11) is 1.44. The van der Waals surface area contributed by atoms with Crippen LogP contribution in [0.2, 0.25) is 0 Å². The Morgan fingerprint density at radius 3 is 2.32 bits per heavy atom. The van der Waals surface area contributed by atoms with E-state index in [1.54, 1.807) is 45.9 Å². The van der Waals surface area contributed by atoms with E-state index >= 15 is 0 Å². The van der Waals surface area contributed by atoms with Crippen LogP contribution in [0.15, 0.2) is 57.5 Å². The fourth-order valence-corrected chi connectivity index (χ4v) is 9.91. The number of hydrogen-bond acceptors (Lipinski definition) is 16. The first-order valence-electron chi connectivity index (χ1n) is 23.5. The summed E-state index contributed by atoms with van der Waals surface area (Å²) in [5.74, 6) is -7.02. The quantitative estimate of drug-likeness (QED) is 0.0526. The van der Waals surface area contributed by atoms with E-state index in [9.17, 15) is 39.3 Å². The summed E-state index contributed by atoms with van der Waals surface area (Å²) in [5.41, 5.74) is 0.0282. The Balaban J connectivity index is 1.47. The number of carbonyl (C=O) groups excluding carboxylic acids is 4. The molecule has 17 nitrogen and oxygen atoms in total. The molecule has 1 saturated heterocycles. The van der Waals surface area contributed by atoms with Crippen LogP contribution < -0.4 is 20.4 Å². The lowest BCUT2D eigenvalue weighted by atomic mass is 9.78. The largest absolute Gasteiger partial charge is 0.505 e. The lowest BCUT2D eigenvalue weighted by Gasteiger charge is -2.38. The number of aliphatic hydroxyl groups is 2. The highest BCUT2D eigenvalue weighted by Gasteiger charge is 2.50. The third-order valence-electron chi connectivity index (χ3n) is 13.9. The third kappa shape index (κ3) is 9.61. The normalized spacial score (nSPS) is 29.2. The number of phenolic OH excluding ortho intramolecular Hbond substituents is 1. The zero-order valence-electron chi connectivity index (χ0n) is 41.1. The topological polar surface area (TPSA) is 227 Å². The first-order chi connectivity index (χ1) is 32.6. The number of fused-ring (bicyclic) bond motifs is 2. The molecule has 3 aliphatic rings. The molecule has 1 fully saturated rings. The van der Waals surface area contributed by atoms with Gasteiger partial charge in [0.25, 0.3) is 11.7 Å². The van der Waals surface area contributed by atoms with Gasteiger partial charge in [-0.3, -0.25) is 28.9 Å². The van der Waals surface area contributed by atoms with E-state index in [-0.39, 0.29) is 61.2 Å². The van der Waals surface area contributed by atoms with E-state index in [0.717, 1.165) is 19.6 Å². The van der Waals surface area contributed by atoms with Crippen LogP contribution in [0, 0.1) is 36.5 Å². The van der Waals surface area contributed by atoms with Crippen molar-refractivity contribution in [2.75, 3.05) is 50.1 Å². The molecular formula is C52H64N4O13. The van der Waals surface area contributed by atoms with Crippen molar-refractivity contribution in [3.05, 3.63) is 75.2 Å². The van der Waals surface area contributed by atoms with Gasteiger partial charge in [-0.25, -0.2) is 4.98 Å². The van der Waals surface area contributed by atoms with Gasteiger partial charge >= 0.3 is 11.8 Å². The van der Waals surface area contributed by atoms with Gasteiger partial charge in [-0.15, -0.1) is 0 Å². The number of Topliss-reactive ketones (excluding diaryl/α,β-unsaturated/α-hetero) is 1. The van der Waals surface area contributed by atoms with Crippen molar-refractivity contribution in [3.8, 4) is 11.5 Å². The molecule has 1 aromatic heterocycles. The predicted octanol–water partition coefficient (Wildman–Crippen LogP) is 6.59. The molecule has 0 radical (unpaired) electrons. The molecule has 0 aliphatic carbocycles. The highest BCUT2D eigenvalue weighted by molar-refractivity contribution is 6.26. The summed E-state index contributed by atoms with van der Waals surface area (Å²) in [5, 5.41) is 37.6. The van der Waals surface area contributed by atoms with E-state index in [1.807, 2.05) is 0 Å². The number of carbonyl (C=O) groups is 4. The molecule has 69 heavy (non-hydrogen) atoms. The lowest BCUT2D eigenvalue weighted by Crippen LogP contribution is -2.47. The second-order valence-electron chi connectivity index (χ2n) is 19.4. The zero-order valence-corrected chi connectivity index (χ0v) is 41.1. The Kier molecular flexibility index (Phi) is 14.8. The maximum atomic E-state index is 15.0. The highest BCUT2D eigenvalue weighted by atomic mass is 16.7. The molecule has 370 valence electrons. The molecule has 4 N–H and O–H groups in total. The number of aliphatic hydroxyl groups excluding tert-OH is 2. The van der Waals surface area contributed by atoms with Crippen LogP contribution in [0.5, 0.6) is 11.5 Å². The summed E-state index contributed by atoms with van der Waals surface area (Å²) in [4.78, 5) is 78.2. The summed E-state index contributed by atoms with van der Waals surface area (Å²) in [6.45, 7) is 20.5. The predicted molar refractivity (Wildman–Crippen MR) is 261 cm³/mol. The summed E-state index contributed by atoms with van der Waals surface area (Å²) >= 11 is 0. The second-order valence-corrected chi connectivity index (χ2v) is 19.4. The average Bonchev–Trinajstić information content (AvgIpc) is 3.58. The first kappa shape index (κ1) is 50.7. The molecule has 4 bridgehead atoms. The number of anilines is 2. The Bertz CT molecular complexity index is 2840. The van der Waals surface area contributed by atoms with Crippen molar-refractivity contribution in [1.29, 1.82) is 0 Å². The minimum absolute atomic E-state index is 0.0279. The molecule has 17 heteroatoms. The van der Waals surface area contributed by atoms with E-state index in [1.165, 1.54) is 59.3 Å². The summed E-state index contributed by atoms with van der Waals surface area (Å²) in [6.07, 6.45) is 4.20. The SMILES string of the molecule is CO[C@H]1/C=C/O[C@@]2(C)Oc3c(C)c(=O)c4c(O)c(c5oc6cc(C=O)cc(N7CCN(CC(C)C)CC7)c6nc5c4c3C2=O)NC(=O)/C(C)=C\C=C\[C@H](C)[C@H](O)[C@@H](C)[C@@H](O)[C@@H](C)[C@H](OC(C)=O)[C@@H]1C.